The maximum atomic E-state index is 5.37. The molecule has 15 heavy (non-hydrogen) atoms. The fourth-order valence-electron chi connectivity index (χ4n) is 1.77. The van der Waals surface area contributed by atoms with Gasteiger partial charge < -0.3 is 9.47 Å². The van der Waals surface area contributed by atoms with E-state index in [9.17, 15) is 0 Å². The van der Waals surface area contributed by atoms with E-state index < -0.39 is 0 Å². The van der Waals surface area contributed by atoms with E-state index in [2.05, 4.69) is 0 Å². The third-order valence-corrected chi connectivity index (χ3v) is 2.55. The number of fused-ring (bicyclic) bond motifs is 1. The number of hydrogen-bond donors (Lipinski definition) is 0. The van der Waals surface area contributed by atoms with E-state index in [1.54, 1.807) is 7.11 Å². The molecule has 0 spiro atoms. The fourth-order valence-corrected chi connectivity index (χ4v) is 1.77. The second-order valence-electron chi connectivity index (χ2n) is 3.44. The predicted molar refractivity (Wildman–Crippen MR) is 58.5 cm³/mol. The molecule has 2 nitrogen and oxygen atoms in total. The van der Waals surface area contributed by atoms with Crippen molar-refractivity contribution in [2.45, 2.75) is 0 Å². The molecule has 0 saturated carbocycles. The second-order valence-corrected chi connectivity index (χ2v) is 3.44. The van der Waals surface area contributed by atoms with Gasteiger partial charge in [0.25, 0.3) is 0 Å². The topological polar surface area (TPSA) is 21.8 Å². The molecule has 0 atom stereocenters. The van der Waals surface area contributed by atoms with Crippen LogP contribution in [0.2, 0.25) is 0 Å². The van der Waals surface area contributed by atoms with Gasteiger partial charge >= 0.3 is 0 Å². The van der Waals surface area contributed by atoms with E-state index in [-0.39, 0.29) is 0 Å². The van der Waals surface area contributed by atoms with Crippen LogP contribution < -0.4 is 9.47 Å². The maximum Gasteiger partial charge on any atom is 0.178 e. The van der Waals surface area contributed by atoms with E-state index in [4.69, 9.17) is 9.47 Å². The molecule has 0 aliphatic carbocycles. The molecular formula is C13H10O2. The summed E-state index contributed by atoms with van der Waals surface area (Å²) in [5.74, 6) is 2.82. The van der Waals surface area contributed by atoms with E-state index >= 15 is 0 Å². The molecule has 1 aliphatic heterocycles. The van der Waals surface area contributed by atoms with Crippen LogP contribution in [0, 0.1) is 0 Å². The summed E-state index contributed by atoms with van der Waals surface area (Å²) in [4.78, 5) is 0. The molecule has 0 bridgehead atoms. The third kappa shape index (κ3) is 1.26. The van der Waals surface area contributed by atoms with Crippen molar-refractivity contribution < 1.29 is 9.47 Å². The van der Waals surface area contributed by atoms with Crippen LogP contribution in [0.4, 0.5) is 0 Å². The van der Waals surface area contributed by atoms with Gasteiger partial charge in [-0.25, -0.2) is 0 Å². The van der Waals surface area contributed by atoms with Crippen LogP contribution in [0.5, 0.6) is 17.2 Å². The smallest absolute Gasteiger partial charge is 0.178 e. The molecule has 0 fully saturated rings. The van der Waals surface area contributed by atoms with Crippen LogP contribution in [0.25, 0.3) is 11.1 Å². The summed E-state index contributed by atoms with van der Waals surface area (Å²) in [6.45, 7) is 0. The quantitative estimate of drug-likeness (QED) is 0.588. The van der Waals surface area contributed by atoms with E-state index in [0.717, 1.165) is 28.4 Å². The summed E-state index contributed by atoms with van der Waals surface area (Å²) in [7, 11) is 1.68. The van der Waals surface area contributed by atoms with Crippen molar-refractivity contribution in [2.75, 3.05) is 7.11 Å². The lowest BCUT2D eigenvalue weighted by Crippen LogP contribution is -1.85. The van der Waals surface area contributed by atoms with Gasteiger partial charge in [0.05, 0.1) is 7.11 Å². The highest BCUT2D eigenvalue weighted by atomic mass is 16.6. The van der Waals surface area contributed by atoms with Crippen molar-refractivity contribution in [2.24, 2.45) is 0 Å². The highest BCUT2D eigenvalue weighted by Gasteiger charge is 2.25. The summed E-state index contributed by atoms with van der Waals surface area (Å²) in [5.41, 5.74) is 2.18. The Kier molecular flexibility index (Phi) is 1.68. The minimum atomic E-state index is 0.876. The molecule has 2 aromatic carbocycles. The van der Waals surface area contributed by atoms with Crippen molar-refractivity contribution in [3.05, 3.63) is 42.5 Å². The molecule has 0 unspecified atom stereocenters. The molecule has 1 aliphatic rings. The summed E-state index contributed by atoms with van der Waals surface area (Å²) in [6, 6.07) is 14.0. The SMILES string of the molecule is COc1ccccc1-c1cccc2c1O2. The Morgan fingerprint density at radius 1 is 0.933 bits per heavy atom. The number of para-hydroxylation sites is 2. The maximum absolute atomic E-state index is 5.37. The number of hydrogen-bond acceptors (Lipinski definition) is 2. The third-order valence-electron chi connectivity index (χ3n) is 2.55. The van der Waals surface area contributed by atoms with Gasteiger partial charge in [-0.1, -0.05) is 30.3 Å². The Balaban J connectivity index is 2.18. The van der Waals surface area contributed by atoms with Gasteiger partial charge in [0.2, 0.25) is 0 Å². The first-order chi connectivity index (χ1) is 7.40. The van der Waals surface area contributed by atoms with Crippen LogP contribution in [0.15, 0.2) is 42.5 Å². The fraction of sp³-hybridized carbons (Fsp3) is 0.0769. The Bertz CT molecular complexity index is 518. The number of rotatable bonds is 2. The van der Waals surface area contributed by atoms with Crippen molar-refractivity contribution in [3.63, 3.8) is 0 Å². The summed E-state index contributed by atoms with van der Waals surface area (Å²) >= 11 is 0. The minimum absolute atomic E-state index is 0.876. The monoisotopic (exact) mass is 198 g/mol. The van der Waals surface area contributed by atoms with Gasteiger partial charge in [-0.2, -0.15) is 0 Å². The zero-order valence-corrected chi connectivity index (χ0v) is 8.36. The Morgan fingerprint density at radius 3 is 2.60 bits per heavy atom. The first-order valence-corrected chi connectivity index (χ1v) is 4.84. The lowest BCUT2D eigenvalue weighted by Gasteiger charge is -2.06. The average Bonchev–Trinajstić information content (AvgIpc) is 3.07. The lowest BCUT2D eigenvalue weighted by atomic mass is 10.1. The van der Waals surface area contributed by atoms with E-state index in [0.29, 0.717) is 0 Å². The van der Waals surface area contributed by atoms with Crippen molar-refractivity contribution in [1.82, 2.24) is 0 Å². The average molecular weight is 198 g/mol. The van der Waals surface area contributed by atoms with Gasteiger partial charge in [0.1, 0.15) is 5.75 Å². The molecule has 0 N–H and O–H groups in total. The van der Waals surface area contributed by atoms with Crippen LogP contribution in [-0.4, -0.2) is 7.11 Å². The first kappa shape index (κ1) is 8.36. The molecule has 1 heterocycles. The van der Waals surface area contributed by atoms with Gasteiger partial charge in [0.15, 0.2) is 11.5 Å². The van der Waals surface area contributed by atoms with E-state index in [1.807, 2.05) is 42.5 Å². The normalized spacial score (nSPS) is 11.5. The molecule has 0 saturated heterocycles. The van der Waals surface area contributed by atoms with E-state index in [1.165, 1.54) is 0 Å². The van der Waals surface area contributed by atoms with Gasteiger partial charge in [-0.3, -0.25) is 0 Å². The zero-order valence-electron chi connectivity index (χ0n) is 8.36. The number of benzene rings is 2. The molecule has 74 valence electrons. The zero-order chi connectivity index (χ0) is 10.3. The Hall–Kier alpha value is -1.96. The summed E-state index contributed by atoms with van der Waals surface area (Å²) in [5, 5.41) is 0. The van der Waals surface area contributed by atoms with Crippen LogP contribution in [0.3, 0.4) is 0 Å². The Morgan fingerprint density at radius 2 is 1.73 bits per heavy atom. The van der Waals surface area contributed by atoms with Gasteiger partial charge in [-0.15, -0.1) is 0 Å². The minimum Gasteiger partial charge on any atom is -0.496 e. The van der Waals surface area contributed by atoms with Crippen LogP contribution in [0.1, 0.15) is 0 Å². The van der Waals surface area contributed by atoms with Crippen LogP contribution in [-0.2, 0) is 0 Å². The molecule has 0 amide bonds. The molecule has 2 aromatic rings. The predicted octanol–water partition coefficient (Wildman–Crippen LogP) is 3.47. The van der Waals surface area contributed by atoms with Gasteiger partial charge in [-0.05, 0) is 12.1 Å². The largest absolute Gasteiger partial charge is 0.496 e. The first-order valence-electron chi connectivity index (χ1n) is 4.84. The molecule has 0 aromatic heterocycles. The lowest BCUT2D eigenvalue weighted by molar-refractivity contribution is 0.416. The standard InChI is InChI=1S/C13H10O2/c1-14-11-7-3-2-5-9(11)10-6-4-8-12-13(10)15-12/h2-8H,1H3. The number of ether oxygens (including phenoxy) is 2. The van der Waals surface area contributed by atoms with Gasteiger partial charge in [0, 0.05) is 11.1 Å². The highest BCUT2D eigenvalue weighted by molar-refractivity contribution is 5.82. The second kappa shape index (κ2) is 3.02. The van der Waals surface area contributed by atoms with Crippen molar-refractivity contribution in [1.29, 1.82) is 0 Å². The molecule has 0 radical (unpaired) electrons. The molecule has 3 rings (SSSR count). The molecule has 2 heteroatoms. The molecular weight excluding hydrogens is 188 g/mol. The summed E-state index contributed by atoms with van der Waals surface area (Å²) < 4.78 is 10.7. The number of methoxy groups -OCH3 is 1. The Labute approximate surface area is 88.1 Å². The van der Waals surface area contributed by atoms with Crippen LogP contribution >= 0.6 is 0 Å². The van der Waals surface area contributed by atoms with Crippen molar-refractivity contribution in [3.8, 4) is 28.4 Å². The highest BCUT2D eigenvalue weighted by Crippen LogP contribution is 2.53. The summed E-state index contributed by atoms with van der Waals surface area (Å²) in [6.07, 6.45) is 0. The van der Waals surface area contributed by atoms with Crippen molar-refractivity contribution >= 4 is 0 Å².